The van der Waals surface area contributed by atoms with Crippen LogP contribution in [0.3, 0.4) is 0 Å². The van der Waals surface area contributed by atoms with Crippen molar-refractivity contribution in [1.29, 1.82) is 5.26 Å². The number of nitrogens with zero attached hydrogens (tertiary/aromatic N) is 2. The number of ether oxygens (including phenoxy) is 1. The van der Waals surface area contributed by atoms with Crippen molar-refractivity contribution in [3.05, 3.63) is 16.0 Å². The third kappa shape index (κ3) is 3.07. The number of amides is 2. The van der Waals surface area contributed by atoms with Gasteiger partial charge in [0.2, 0.25) is 5.91 Å². The molecule has 2 amide bonds. The molecule has 0 aromatic carbocycles. The molecule has 1 aliphatic rings. The Kier molecular flexibility index (Phi) is 4.42. The highest BCUT2D eigenvalue weighted by molar-refractivity contribution is 7.16. The lowest BCUT2D eigenvalue weighted by Gasteiger charge is -2.25. The van der Waals surface area contributed by atoms with Gasteiger partial charge in [-0.3, -0.25) is 4.79 Å². The van der Waals surface area contributed by atoms with Crippen molar-refractivity contribution >= 4 is 28.3 Å². The van der Waals surface area contributed by atoms with E-state index in [2.05, 4.69) is 11.4 Å². The average molecular weight is 321 g/mol. The highest BCUT2D eigenvalue weighted by Crippen LogP contribution is 2.37. The first-order valence-corrected chi connectivity index (χ1v) is 7.78. The molecule has 0 aliphatic carbocycles. The van der Waals surface area contributed by atoms with Gasteiger partial charge < -0.3 is 15.0 Å². The zero-order valence-corrected chi connectivity index (χ0v) is 14.0. The smallest absolute Gasteiger partial charge is 0.409 e. The predicted molar refractivity (Wildman–Crippen MR) is 83.6 cm³/mol. The molecule has 2 rings (SSSR count). The summed E-state index contributed by atoms with van der Waals surface area (Å²) in [6.45, 7) is 6.38. The quantitative estimate of drug-likeness (QED) is 0.862. The first kappa shape index (κ1) is 16.3. The van der Waals surface area contributed by atoms with Crippen molar-refractivity contribution in [1.82, 2.24) is 4.90 Å². The summed E-state index contributed by atoms with van der Waals surface area (Å²) in [7, 11) is 1.35. The third-order valence-corrected chi connectivity index (χ3v) is 4.64. The van der Waals surface area contributed by atoms with E-state index in [1.54, 1.807) is 4.90 Å². The van der Waals surface area contributed by atoms with Crippen LogP contribution in [0.2, 0.25) is 0 Å². The molecule has 7 heteroatoms. The molecule has 0 spiro atoms. The van der Waals surface area contributed by atoms with E-state index in [1.807, 2.05) is 20.8 Å². The molecule has 0 saturated heterocycles. The summed E-state index contributed by atoms with van der Waals surface area (Å²) in [5, 5.41) is 12.8. The molecule has 1 N–H and O–H groups in total. The number of nitriles is 1. The van der Waals surface area contributed by atoms with Crippen LogP contribution < -0.4 is 5.32 Å². The topological polar surface area (TPSA) is 82.4 Å². The number of hydrogen-bond acceptors (Lipinski definition) is 5. The van der Waals surface area contributed by atoms with E-state index in [-0.39, 0.29) is 12.0 Å². The Labute approximate surface area is 133 Å². The van der Waals surface area contributed by atoms with Crippen molar-refractivity contribution in [2.24, 2.45) is 5.41 Å². The number of carbonyl (C=O) groups excluding carboxylic acids is 2. The molecule has 118 valence electrons. The molecule has 0 unspecified atom stereocenters. The molecule has 0 saturated carbocycles. The first-order valence-electron chi connectivity index (χ1n) is 6.97. The summed E-state index contributed by atoms with van der Waals surface area (Å²) in [6.07, 6.45) is 0.215. The number of hydrogen-bond donors (Lipinski definition) is 1. The van der Waals surface area contributed by atoms with E-state index < -0.39 is 5.41 Å². The lowest BCUT2D eigenvalue weighted by Crippen LogP contribution is -2.35. The van der Waals surface area contributed by atoms with Crippen LogP contribution in [0.4, 0.5) is 9.80 Å². The van der Waals surface area contributed by atoms with Crippen LogP contribution in [0.1, 0.15) is 36.8 Å². The summed E-state index contributed by atoms with van der Waals surface area (Å²) in [5.74, 6) is -0.132. The number of carbonyl (C=O) groups is 2. The summed E-state index contributed by atoms with van der Waals surface area (Å²) >= 11 is 1.36. The number of methoxy groups -OCH3 is 1. The largest absolute Gasteiger partial charge is 0.453 e. The van der Waals surface area contributed by atoms with Gasteiger partial charge in [0.05, 0.1) is 19.2 Å². The lowest BCUT2D eigenvalue weighted by molar-refractivity contribution is -0.123. The van der Waals surface area contributed by atoms with Gasteiger partial charge in [-0.1, -0.05) is 20.8 Å². The molecule has 1 aliphatic heterocycles. The van der Waals surface area contributed by atoms with Gasteiger partial charge in [0.15, 0.2) is 0 Å². The van der Waals surface area contributed by atoms with E-state index in [1.165, 1.54) is 18.4 Å². The number of anilines is 1. The molecule has 1 aromatic rings. The molecule has 22 heavy (non-hydrogen) atoms. The molecular formula is C15H19N3O3S. The zero-order chi connectivity index (χ0) is 16.5. The SMILES string of the molecule is COC(=O)N1CCc2c(sc(NC(=O)C(C)(C)C)c2C#N)C1. The monoisotopic (exact) mass is 321 g/mol. The molecule has 0 atom stereocenters. The van der Waals surface area contributed by atoms with Crippen LogP contribution >= 0.6 is 11.3 Å². The third-order valence-electron chi connectivity index (χ3n) is 3.51. The number of rotatable bonds is 1. The number of fused-ring (bicyclic) bond motifs is 1. The standard InChI is InChI=1S/C15H19N3O3S/c1-15(2,3)13(19)17-12-10(7-16)9-5-6-18(14(20)21-4)8-11(9)22-12/h5-6,8H2,1-4H3,(H,17,19). The second-order valence-electron chi connectivity index (χ2n) is 6.17. The Morgan fingerprint density at radius 3 is 2.64 bits per heavy atom. The van der Waals surface area contributed by atoms with Crippen molar-refractivity contribution in [3.8, 4) is 6.07 Å². The van der Waals surface area contributed by atoms with Crippen molar-refractivity contribution in [2.75, 3.05) is 19.0 Å². The summed E-state index contributed by atoms with van der Waals surface area (Å²) < 4.78 is 4.73. The Morgan fingerprint density at radius 2 is 2.09 bits per heavy atom. The van der Waals surface area contributed by atoms with Gasteiger partial charge in [-0.15, -0.1) is 11.3 Å². The van der Waals surface area contributed by atoms with Crippen LogP contribution in [0.25, 0.3) is 0 Å². The Hall–Kier alpha value is -2.07. The van der Waals surface area contributed by atoms with E-state index in [4.69, 9.17) is 4.74 Å². The van der Waals surface area contributed by atoms with Gasteiger partial charge in [0.1, 0.15) is 11.1 Å². The number of nitrogens with one attached hydrogen (secondary N) is 1. The van der Waals surface area contributed by atoms with Crippen LogP contribution in [-0.4, -0.2) is 30.6 Å². The minimum absolute atomic E-state index is 0.132. The number of thiophene rings is 1. The maximum atomic E-state index is 12.1. The van der Waals surface area contributed by atoms with Gasteiger partial charge >= 0.3 is 6.09 Å². The minimum Gasteiger partial charge on any atom is -0.453 e. The fraction of sp³-hybridized carbons (Fsp3) is 0.533. The van der Waals surface area contributed by atoms with E-state index >= 15 is 0 Å². The normalized spacial score (nSPS) is 14.0. The Morgan fingerprint density at radius 1 is 1.41 bits per heavy atom. The Balaban J connectivity index is 2.29. The van der Waals surface area contributed by atoms with Crippen molar-refractivity contribution in [2.45, 2.75) is 33.7 Å². The molecule has 1 aromatic heterocycles. The predicted octanol–water partition coefficient (Wildman–Crippen LogP) is 2.73. The molecule has 6 nitrogen and oxygen atoms in total. The fourth-order valence-electron chi connectivity index (χ4n) is 2.19. The average Bonchev–Trinajstić information content (AvgIpc) is 2.81. The zero-order valence-electron chi connectivity index (χ0n) is 13.1. The van der Waals surface area contributed by atoms with Crippen LogP contribution in [0.15, 0.2) is 0 Å². The van der Waals surface area contributed by atoms with E-state index in [0.29, 0.717) is 30.1 Å². The summed E-state index contributed by atoms with van der Waals surface area (Å²) in [4.78, 5) is 26.3. The fourth-order valence-corrected chi connectivity index (χ4v) is 3.39. The first-order chi connectivity index (χ1) is 10.3. The highest BCUT2D eigenvalue weighted by Gasteiger charge is 2.29. The van der Waals surface area contributed by atoms with Gasteiger partial charge in [-0.05, 0) is 12.0 Å². The van der Waals surface area contributed by atoms with E-state index in [0.717, 1.165) is 10.4 Å². The molecule has 0 radical (unpaired) electrons. The van der Waals surface area contributed by atoms with Gasteiger partial charge in [-0.2, -0.15) is 5.26 Å². The molecule has 0 bridgehead atoms. The Bertz CT molecular complexity index is 652. The van der Waals surface area contributed by atoms with Crippen molar-refractivity contribution in [3.63, 3.8) is 0 Å². The minimum atomic E-state index is -0.532. The van der Waals surface area contributed by atoms with Crippen LogP contribution in [0, 0.1) is 16.7 Å². The maximum Gasteiger partial charge on any atom is 0.409 e. The van der Waals surface area contributed by atoms with Gasteiger partial charge in [-0.25, -0.2) is 4.79 Å². The van der Waals surface area contributed by atoms with Crippen LogP contribution in [-0.2, 0) is 22.5 Å². The van der Waals surface area contributed by atoms with Gasteiger partial charge in [0.25, 0.3) is 0 Å². The maximum absolute atomic E-state index is 12.1. The lowest BCUT2D eigenvalue weighted by atomic mass is 9.95. The molecule has 0 fully saturated rings. The van der Waals surface area contributed by atoms with Gasteiger partial charge in [0, 0.05) is 16.8 Å². The van der Waals surface area contributed by atoms with E-state index in [9.17, 15) is 14.9 Å². The second kappa shape index (κ2) is 5.97. The highest BCUT2D eigenvalue weighted by atomic mass is 32.1. The summed E-state index contributed by atoms with van der Waals surface area (Å²) in [6, 6.07) is 2.18. The molecule has 2 heterocycles. The summed E-state index contributed by atoms with van der Waals surface area (Å²) in [5.41, 5.74) is 0.911. The van der Waals surface area contributed by atoms with Crippen LogP contribution in [0.5, 0.6) is 0 Å². The molecular weight excluding hydrogens is 302 g/mol. The second-order valence-corrected chi connectivity index (χ2v) is 7.27. The van der Waals surface area contributed by atoms with Crippen molar-refractivity contribution < 1.29 is 14.3 Å².